The van der Waals surface area contributed by atoms with E-state index in [-0.39, 0.29) is 18.8 Å². The molecule has 0 aliphatic heterocycles. The summed E-state index contributed by atoms with van der Waals surface area (Å²) in [5, 5.41) is 4.93. The maximum atomic E-state index is 12.0. The summed E-state index contributed by atoms with van der Waals surface area (Å²) in [4.78, 5) is 23.2. The molecular formula is C15H13F3N2O4. The molecular weight excluding hydrogens is 329 g/mol. The Labute approximate surface area is 134 Å². The second kappa shape index (κ2) is 7.53. The number of carbonyl (C=O) groups excluding carboxylic acids is 2. The average molecular weight is 342 g/mol. The van der Waals surface area contributed by atoms with Crippen LogP contribution in [0.15, 0.2) is 47.3 Å². The number of halogens is 3. The highest BCUT2D eigenvalue weighted by Gasteiger charge is 2.30. The van der Waals surface area contributed by atoms with Gasteiger partial charge in [0, 0.05) is 6.54 Å². The lowest BCUT2D eigenvalue weighted by molar-refractivity contribution is -0.274. The van der Waals surface area contributed by atoms with Crippen LogP contribution in [0.2, 0.25) is 0 Å². The second-order valence-corrected chi connectivity index (χ2v) is 4.66. The van der Waals surface area contributed by atoms with Crippen LogP contribution in [0.5, 0.6) is 5.75 Å². The quantitative estimate of drug-likeness (QED) is 0.844. The first kappa shape index (κ1) is 17.4. The normalized spacial score (nSPS) is 11.0. The summed E-state index contributed by atoms with van der Waals surface area (Å²) in [6, 6.07) is 6.54. The molecule has 2 aromatic rings. The highest BCUT2D eigenvalue weighted by molar-refractivity contribution is 5.96. The van der Waals surface area contributed by atoms with E-state index in [0.717, 1.165) is 12.1 Å². The molecule has 0 aliphatic carbocycles. The van der Waals surface area contributed by atoms with Crippen molar-refractivity contribution in [2.24, 2.45) is 0 Å². The molecule has 128 valence electrons. The Morgan fingerprint density at radius 3 is 2.38 bits per heavy atom. The van der Waals surface area contributed by atoms with Crippen molar-refractivity contribution >= 4 is 11.8 Å². The van der Waals surface area contributed by atoms with Crippen molar-refractivity contribution in [1.82, 2.24) is 10.6 Å². The summed E-state index contributed by atoms with van der Waals surface area (Å²) in [7, 11) is 0. The lowest BCUT2D eigenvalue weighted by Gasteiger charge is -2.10. The standard InChI is InChI=1S/C15H13F3N2O4/c16-15(17,18)24-12-3-1-10(2-4-12)7-19-13(21)8-20-14(22)11-5-6-23-9-11/h1-6,9H,7-8H2,(H,19,21)(H,20,22). The zero-order chi connectivity index (χ0) is 17.6. The van der Waals surface area contributed by atoms with E-state index in [1.807, 2.05) is 0 Å². The van der Waals surface area contributed by atoms with Crippen LogP contribution < -0.4 is 15.4 Å². The average Bonchev–Trinajstić information content (AvgIpc) is 3.05. The van der Waals surface area contributed by atoms with E-state index in [1.54, 1.807) is 0 Å². The van der Waals surface area contributed by atoms with Crippen LogP contribution in [0.3, 0.4) is 0 Å². The molecule has 24 heavy (non-hydrogen) atoms. The lowest BCUT2D eigenvalue weighted by Crippen LogP contribution is -2.36. The number of benzene rings is 1. The predicted octanol–water partition coefficient (Wildman–Crippen LogP) is 2.22. The molecule has 0 saturated heterocycles. The van der Waals surface area contributed by atoms with Crippen LogP contribution in [0.4, 0.5) is 13.2 Å². The fraction of sp³-hybridized carbons (Fsp3) is 0.200. The molecule has 0 aliphatic rings. The molecule has 2 N–H and O–H groups in total. The first-order valence-corrected chi connectivity index (χ1v) is 6.75. The summed E-state index contributed by atoms with van der Waals surface area (Å²) < 4.78 is 44.6. The van der Waals surface area contributed by atoms with Crippen LogP contribution >= 0.6 is 0 Å². The van der Waals surface area contributed by atoms with Crippen molar-refractivity contribution < 1.29 is 31.9 Å². The van der Waals surface area contributed by atoms with Gasteiger partial charge in [-0.15, -0.1) is 13.2 Å². The molecule has 0 fully saturated rings. The molecule has 6 nitrogen and oxygen atoms in total. The zero-order valence-electron chi connectivity index (χ0n) is 12.2. The van der Waals surface area contributed by atoms with Crippen LogP contribution in [-0.4, -0.2) is 24.7 Å². The molecule has 0 saturated carbocycles. The molecule has 2 amide bonds. The van der Waals surface area contributed by atoms with E-state index >= 15 is 0 Å². The van der Waals surface area contributed by atoms with Gasteiger partial charge in [0.15, 0.2) is 0 Å². The monoisotopic (exact) mass is 342 g/mol. The van der Waals surface area contributed by atoms with Gasteiger partial charge in [0.1, 0.15) is 12.0 Å². The molecule has 0 atom stereocenters. The van der Waals surface area contributed by atoms with Gasteiger partial charge in [-0.25, -0.2) is 0 Å². The second-order valence-electron chi connectivity index (χ2n) is 4.66. The van der Waals surface area contributed by atoms with Crippen LogP contribution in [0.1, 0.15) is 15.9 Å². The fourth-order valence-corrected chi connectivity index (χ4v) is 1.73. The third-order valence-electron chi connectivity index (χ3n) is 2.84. The molecule has 2 rings (SSSR count). The molecule has 0 radical (unpaired) electrons. The maximum Gasteiger partial charge on any atom is 0.573 e. The Hall–Kier alpha value is -2.97. The minimum atomic E-state index is -4.75. The van der Waals surface area contributed by atoms with E-state index in [2.05, 4.69) is 15.4 Å². The molecule has 0 bridgehead atoms. The summed E-state index contributed by atoms with van der Waals surface area (Å²) in [6.45, 7) is -0.133. The highest BCUT2D eigenvalue weighted by atomic mass is 19.4. The lowest BCUT2D eigenvalue weighted by atomic mass is 10.2. The summed E-state index contributed by atoms with van der Waals surface area (Å²) in [6.07, 6.45) is -2.16. The van der Waals surface area contributed by atoms with Gasteiger partial charge in [0.25, 0.3) is 5.91 Å². The number of hydrogen-bond acceptors (Lipinski definition) is 4. The number of rotatable bonds is 6. The SMILES string of the molecule is O=C(CNC(=O)c1ccoc1)NCc1ccc(OC(F)(F)F)cc1. The molecule has 1 aromatic heterocycles. The zero-order valence-corrected chi connectivity index (χ0v) is 12.2. The van der Waals surface area contributed by atoms with Gasteiger partial charge in [0.2, 0.25) is 5.91 Å². The minimum absolute atomic E-state index is 0.104. The van der Waals surface area contributed by atoms with Crippen molar-refractivity contribution in [3.05, 3.63) is 54.0 Å². The van der Waals surface area contributed by atoms with Crippen LogP contribution in [-0.2, 0) is 11.3 Å². The van der Waals surface area contributed by atoms with Crippen molar-refractivity contribution in [2.75, 3.05) is 6.54 Å². The van der Waals surface area contributed by atoms with Crippen LogP contribution in [0, 0.1) is 0 Å². The number of alkyl halides is 3. The molecule has 1 aromatic carbocycles. The Balaban J connectivity index is 1.74. The van der Waals surface area contributed by atoms with Crippen molar-refractivity contribution in [2.45, 2.75) is 12.9 Å². The Kier molecular flexibility index (Phi) is 5.46. The topological polar surface area (TPSA) is 80.6 Å². The van der Waals surface area contributed by atoms with Gasteiger partial charge in [-0.05, 0) is 23.8 Å². The first-order chi connectivity index (χ1) is 11.3. The summed E-state index contributed by atoms with van der Waals surface area (Å²) in [5.41, 5.74) is 0.877. The first-order valence-electron chi connectivity index (χ1n) is 6.75. The fourth-order valence-electron chi connectivity index (χ4n) is 1.73. The van der Waals surface area contributed by atoms with E-state index in [9.17, 15) is 22.8 Å². The summed E-state index contributed by atoms with van der Waals surface area (Å²) in [5.74, 6) is -1.24. The minimum Gasteiger partial charge on any atom is -0.472 e. The molecule has 0 unspecified atom stereocenters. The van der Waals surface area contributed by atoms with E-state index in [1.165, 1.54) is 30.7 Å². The number of amides is 2. The van der Waals surface area contributed by atoms with Gasteiger partial charge >= 0.3 is 6.36 Å². The maximum absolute atomic E-state index is 12.0. The van der Waals surface area contributed by atoms with Gasteiger partial charge in [0.05, 0.1) is 18.4 Å². The van der Waals surface area contributed by atoms with Crippen molar-refractivity contribution in [3.8, 4) is 5.75 Å². The van der Waals surface area contributed by atoms with Gasteiger partial charge in [-0.1, -0.05) is 12.1 Å². The Bertz CT molecular complexity index is 682. The number of furan rings is 1. The summed E-state index contributed by atoms with van der Waals surface area (Å²) >= 11 is 0. The van der Waals surface area contributed by atoms with E-state index in [0.29, 0.717) is 11.1 Å². The third kappa shape index (κ3) is 5.67. The number of ether oxygens (including phenoxy) is 1. The van der Waals surface area contributed by atoms with Gasteiger partial charge in [-0.2, -0.15) is 0 Å². The highest BCUT2D eigenvalue weighted by Crippen LogP contribution is 2.22. The van der Waals surface area contributed by atoms with E-state index in [4.69, 9.17) is 4.42 Å². The molecule has 9 heteroatoms. The van der Waals surface area contributed by atoms with Crippen molar-refractivity contribution in [1.29, 1.82) is 0 Å². The molecule has 0 spiro atoms. The number of hydrogen-bond donors (Lipinski definition) is 2. The Morgan fingerprint density at radius 1 is 1.08 bits per heavy atom. The molecule has 1 heterocycles. The predicted molar refractivity (Wildman–Crippen MR) is 76.0 cm³/mol. The Morgan fingerprint density at radius 2 is 1.79 bits per heavy atom. The number of nitrogens with one attached hydrogen (secondary N) is 2. The van der Waals surface area contributed by atoms with Crippen molar-refractivity contribution in [3.63, 3.8) is 0 Å². The van der Waals surface area contributed by atoms with Gasteiger partial charge in [-0.3, -0.25) is 9.59 Å². The van der Waals surface area contributed by atoms with Crippen LogP contribution in [0.25, 0.3) is 0 Å². The largest absolute Gasteiger partial charge is 0.573 e. The van der Waals surface area contributed by atoms with Gasteiger partial charge < -0.3 is 19.8 Å². The number of carbonyl (C=O) groups is 2. The smallest absolute Gasteiger partial charge is 0.472 e. The third-order valence-corrected chi connectivity index (χ3v) is 2.84. The van der Waals surface area contributed by atoms with E-state index < -0.39 is 18.2 Å².